The second-order valence-electron chi connectivity index (χ2n) is 8.17. The third kappa shape index (κ3) is 5.71. The van der Waals surface area contributed by atoms with E-state index >= 15 is 0 Å². The number of ether oxygens (including phenoxy) is 1. The first-order valence-corrected chi connectivity index (χ1v) is 9.60. The van der Waals surface area contributed by atoms with E-state index < -0.39 is 11.5 Å². The molecule has 0 bridgehead atoms. The fourth-order valence-electron chi connectivity index (χ4n) is 3.27. The van der Waals surface area contributed by atoms with Crippen LogP contribution in [0.3, 0.4) is 0 Å². The van der Waals surface area contributed by atoms with E-state index in [4.69, 9.17) is 4.74 Å². The normalized spacial score (nSPS) is 15.8. The minimum Gasteiger partial charge on any atom is -0.497 e. The zero-order chi connectivity index (χ0) is 20.9. The van der Waals surface area contributed by atoms with Crippen LogP contribution in [0.2, 0.25) is 0 Å². The highest BCUT2D eigenvalue weighted by molar-refractivity contribution is 5.87. The monoisotopic (exact) mass is 389 g/mol. The third-order valence-corrected chi connectivity index (χ3v) is 4.79. The third-order valence-electron chi connectivity index (χ3n) is 4.79. The number of rotatable bonds is 5. The Bertz CT molecular complexity index is 701. The Hall–Kier alpha value is -2.57. The van der Waals surface area contributed by atoms with E-state index in [1.807, 2.05) is 45.0 Å². The summed E-state index contributed by atoms with van der Waals surface area (Å²) < 4.78 is 5.16. The number of piperazine rings is 1. The summed E-state index contributed by atoms with van der Waals surface area (Å²) >= 11 is 0. The van der Waals surface area contributed by atoms with Gasteiger partial charge >= 0.3 is 0 Å². The Morgan fingerprint density at radius 2 is 1.57 bits per heavy atom. The van der Waals surface area contributed by atoms with Crippen molar-refractivity contribution in [2.45, 2.75) is 40.2 Å². The Labute approximate surface area is 167 Å². The molecule has 3 amide bonds. The Morgan fingerprint density at radius 3 is 2.04 bits per heavy atom. The van der Waals surface area contributed by atoms with Gasteiger partial charge in [-0.05, 0) is 17.7 Å². The molecule has 1 saturated heterocycles. The van der Waals surface area contributed by atoms with Crippen molar-refractivity contribution in [1.29, 1.82) is 0 Å². The molecule has 0 radical (unpaired) electrons. The van der Waals surface area contributed by atoms with Crippen molar-refractivity contribution in [2.75, 3.05) is 33.3 Å². The molecule has 1 aliphatic rings. The first-order chi connectivity index (χ1) is 13.1. The highest BCUT2D eigenvalue weighted by Gasteiger charge is 2.33. The number of benzene rings is 1. The average Bonchev–Trinajstić information content (AvgIpc) is 2.66. The van der Waals surface area contributed by atoms with Crippen LogP contribution in [-0.4, -0.2) is 66.9 Å². The molecule has 0 spiro atoms. The maximum atomic E-state index is 13.0. The molecule has 0 saturated carbocycles. The van der Waals surface area contributed by atoms with Crippen molar-refractivity contribution in [2.24, 2.45) is 5.41 Å². The minimum absolute atomic E-state index is 0.0937. The molecule has 7 heteroatoms. The molecular weight excluding hydrogens is 358 g/mol. The lowest BCUT2D eigenvalue weighted by Crippen LogP contribution is -2.57. The van der Waals surface area contributed by atoms with Crippen molar-refractivity contribution < 1.29 is 19.1 Å². The molecule has 2 rings (SSSR count). The SMILES string of the molecule is COc1ccc(CC(NC(C)=O)C(=O)N2CCN(C(=O)C(C)(C)C)CC2)cc1. The summed E-state index contributed by atoms with van der Waals surface area (Å²) in [6, 6.07) is 6.82. The first-order valence-electron chi connectivity index (χ1n) is 9.60. The second kappa shape index (κ2) is 9.08. The number of carbonyl (C=O) groups excluding carboxylic acids is 3. The van der Waals surface area contributed by atoms with Gasteiger partial charge in [0.15, 0.2) is 0 Å². The first kappa shape index (κ1) is 21.7. The molecule has 7 nitrogen and oxygen atoms in total. The van der Waals surface area contributed by atoms with Crippen LogP contribution in [0.4, 0.5) is 0 Å². The summed E-state index contributed by atoms with van der Waals surface area (Å²) in [6.07, 6.45) is 0.406. The number of hydrogen-bond donors (Lipinski definition) is 1. The van der Waals surface area contributed by atoms with Gasteiger partial charge in [0.05, 0.1) is 7.11 Å². The van der Waals surface area contributed by atoms with Crippen LogP contribution in [0.1, 0.15) is 33.3 Å². The largest absolute Gasteiger partial charge is 0.497 e. The van der Waals surface area contributed by atoms with Gasteiger partial charge in [0.25, 0.3) is 0 Å². The number of hydrogen-bond acceptors (Lipinski definition) is 4. The van der Waals surface area contributed by atoms with Gasteiger partial charge in [-0.1, -0.05) is 32.9 Å². The van der Waals surface area contributed by atoms with Gasteiger partial charge < -0.3 is 19.9 Å². The number of methoxy groups -OCH3 is 1. The molecule has 1 unspecified atom stereocenters. The standard InChI is InChI=1S/C21H31N3O4/c1-15(25)22-18(14-16-6-8-17(28-5)9-7-16)19(26)23-10-12-24(13-11-23)20(27)21(2,3)4/h6-9,18H,10-14H2,1-5H3,(H,22,25). The molecule has 0 aliphatic carbocycles. The molecular formula is C21H31N3O4. The Morgan fingerprint density at radius 1 is 1.04 bits per heavy atom. The predicted octanol–water partition coefficient (Wildman–Crippen LogP) is 1.46. The quantitative estimate of drug-likeness (QED) is 0.827. The van der Waals surface area contributed by atoms with E-state index in [0.717, 1.165) is 11.3 Å². The van der Waals surface area contributed by atoms with Crippen LogP contribution in [0.25, 0.3) is 0 Å². The van der Waals surface area contributed by atoms with Gasteiger partial charge in [0.2, 0.25) is 17.7 Å². The number of carbonyl (C=O) groups is 3. The number of nitrogens with zero attached hydrogens (tertiary/aromatic N) is 2. The fraction of sp³-hybridized carbons (Fsp3) is 0.571. The van der Waals surface area contributed by atoms with Crippen LogP contribution in [0.5, 0.6) is 5.75 Å². The van der Waals surface area contributed by atoms with Crippen molar-refractivity contribution >= 4 is 17.7 Å². The Kier molecular flexibility index (Phi) is 7.05. The number of amides is 3. The lowest BCUT2D eigenvalue weighted by Gasteiger charge is -2.38. The van der Waals surface area contributed by atoms with Gasteiger partial charge in [-0.25, -0.2) is 0 Å². The molecule has 28 heavy (non-hydrogen) atoms. The summed E-state index contributed by atoms with van der Waals surface area (Å²) in [7, 11) is 1.60. The van der Waals surface area contributed by atoms with Crippen molar-refractivity contribution in [1.82, 2.24) is 15.1 Å². The van der Waals surface area contributed by atoms with Crippen LogP contribution in [0.15, 0.2) is 24.3 Å². The molecule has 1 fully saturated rings. The van der Waals surface area contributed by atoms with E-state index in [0.29, 0.717) is 32.6 Å². The van der Waals surface area contributed by atoms with E-state index in [1.165, 1.54) is 6.92 Å². The van der Waals surface area contributed by atoms with Crippen LogP contribution >= 0.6 is 0 Å². The lowest BCUT2D eigenvalue weighted by atomic mass is 9.94. The number of nitrogens with one attached hydrogen (secondary N) is 1. The summed E-state index contributed by atoms with van der Waals surface area (Å²) in [5.74, 6) is 0.476. The van der Waals surface area contributed by atoms with Gasteiger partial charge in [-0.3, -0.25) is 14.4 Å². The molecule has 1 N–H and O–H groups in total. The summed E-state index contributed by atoms with van der Waals surface area (Å²) in [5.41, 5.74) is 0.508. The minimum atomic E-state index is -0.629. The average molecular weight is 389 g/mol. The summed E-state index contributed by atoms with van der Waals surface area (Å²) in [4.78, 5) is 40.6. The van der Waals surface area contributed by atoms with Crippen molar-refractivity contribution in [3.63, 3.8) is 0 Å². The van der Waals surface area contributed by atoms with Crippen LogP contribution in [0, 0.1) is 5.41 Å². The highest BCUT2D eigenvalue weighted by Crippen LogP contribution is 2.19. The van der Waals surface area contributed by atoms with E-state index in [-0.39, 0.29) is 17.7 Å². The Balaban J connectivity index is 2.02. The van der Waals surface area contributed by atoms with E-state index in [2.05, 4.69) is 5.32 Å². The molecule has 1 atom stereocenters. The van der Waals surface area contributed by atoms with Gasteiger partial charge in [-0.15, -0.1) is 0 Å². The molecule has 1 aromatic carbocycles. The summed E-state index contributed by atoms with van der Waals surface area (Å²) in [6.45, 7) is 9.07. The van der Waals surface area contributed by atoms with Crippen LogP contribution < -0.4 is 10.1 Å². The van der Waals surface area contributed by atoms with Crippen LogP contribution in [-0.2, 0) is 20.8 Å². The smallest absolute Gasteiger partial charge is 0.245 e. The zero-order valence-electron chi connectivity index (χ0n) is 17.4. The van der Waals surface area contributed by atoms with Crippen molar-refractivity contribution in [3.8, 4) is 5.75 Å². The maximum absolute atomic E-state index is 13.0. The summed E-state index contributed by atoms with van der Waals surface area (Å²) in [5, 5.41) is 2.77. The van der Waals surface area contributed by atoms with Gasteiger partial charge in [-0.2, -0.15) is 0 Å². The lowest BCUT2D eigenvalue weighted by molar-refractivity contribution is -0.146. The van der Waals surface area contributed by atoms with Gasteiger partial charge in [0.1, 0.15) is 11.8 Å². The topological polar surface area (TPSA) is 79.0 Å². The molecule has 1 heterocycles. The zero-order valence-corrected chi connectivity index (χ0v) is 17.4. The highest BCUT2D eigenvalue weighted by atomic mass is 16.5. The molecule has 0 aromatic heterocycles. The second-order valence-corrected chi connectivity index (χ2v) is 8.17. The molecule has 1 aromatic rings. The van der Waals surface area contributed by atoms with Crippen molar-refractivity contribution in [3.05, 3.63) is 29.8 Å². The molecule has 154 valence electrons. The molecule has 1 aliphatic heterocycles. The predicted molar refractivity (Wildman–Crippen MR) is 107 cm³/mol. The maximum Gasteiger partial charge on any atom is 0.245 e. The van der Waals surface area contributed by atoms with E-state index in [1.54, 1.807) is 16.9 Å². The van der Waals surface area contributed by atoms with E-state index in [9.17, 15) is 14.4 Å². The fourth-order valence-corrected chi connectivity index (χ4v) is 3.27. The van der Waals surface area contributed by atoms with Gasteiger partial charge in [0, 0.05) is 44.9 Å².